The van der Waals surface area contributed by atoms with Gasteiger partial charge in [-0.15, -0.1) is 0 Å². The Morgan fingerprint density at radius 2 is 1.82 bits per heavy atom. The Morgan fingerprint density at radius 1 is 1.18 bits per heavy atom. The Hall–Kier alpha value is -0.260. The van der Waals surface area contributed by atoms with Gasteiger partial charge in [0, 0.05) is 13.2 Å². The maximum atomic E-state index is 10.8. The van der Waals surface area contributed by atoms with Crippen molar-refractivity contribution in [3.05, 3.63) is 0 Å². The molecular weight excluding hydrogens is 238 g/mol. The first-order valence-electron chi connectivity index (χ1n) is 6.14. The van der Waals surface area contributed by atoms with Crippen molar-refractivity contribution in [3.63, 3.8) is 0 Å². The van der Waals surface area contributed by atoms with E-state index in [0.29, 0.717) is 26.4 Å². The third-order valence-electron chi connectivity index (χ3n) is 2.14. The molecule has 0 aliphatic carbocycles. The van der Waals surface area contributed by atoms with E-state index >= 15 is 0 Å². The molecule has 0 aromatic carbocycles. The van der Waals surface area contributed by atoms with E-state index in [2.05, 4.69) is 19.2 Å². The summed E-state index contributed by atoms with van der Waals surface area (Å²) in [4.78, 5) is 10.8. The van der Waals surface area contributed by atoms with Crippen LogP contribution in [0, 0.1) is 5.92 Å². The first-order valence-corrected chi connectivity index (χ1v) is 7.36. The summed E-state index contributed by atoms with van der Waals surface area (Å²) in [6.45, 7) is 7.57. The molecule has 0 radical (unpaired) electrons. The largest absolute Gasteiger partial charge is 0.379 e. The fraction of sp³-hybridized carbons (Fsp3) is 0.917. The van der Waals surface area contributed by atoms with E-state index in [4.69, 9.17) is 9.47 Å². The second-order valence-corrected chi connectivity index (χ2v) is 4.96. The normalized spacial score (nSPS) is 10.8. The van der Waals surface area contributed by atoms with Gasteiger partial charge in [-0.05, 0) is 25.0 Å². The number of thioether (sulfide) groups is 1. The topological polar surface area (TPSA) is 47.6 Å². The van der Waals surface area contributed by atoms with Crippen LogP contribution in [0.3, 0.4) is 0 Å². The van der Waals surface area contributed by atoms with Crippen molar-refractivity contribution in [1.82, 2.24) is 5.32 Å². The van der Waals surface area contributed by atoms with E-state index in [1.165, 1.54) is 18.2 Å². The third-order valence-corrected chi connectivity index (χ3v) is 2.66. The quantitative estimate of drug-likeness (QED) is 0.615. The first-order chi connectivity index (χ1) is 8.16. The number of nitrogens with one attached hydrogen (secondary N) is 1. The molecule has 17 heavy (non-hydrogen) atoms. The van der Waals surface area contributed by atoms with Gasteiger partial charge in [-0.2, -0.15) is 0 Å². The molecule has 0 aliphatic heterocycles. The molecule has 0 spiro atoms. The molecule has 4 nitrogen and oxygen atoms in total. The number of hydrogen-bond acceptors (Lipinski definition) is 4. The fourth-order valence-corrected chi connectivity index (χ4v) is 1.46. The lowest BCUT2D eigenvalue weighted by Gasteiger charge is -2.07. The molecule has 0 rings (SSSR count). The van der Waals surface area contributed by atoms with Crippen LogP contribution in [0.5, 0.6) is 0 Å². The zero-order valence-electron chi connectivity index (χ0n) is 11.2. The monoisotopic (exact) mass is 263 g/mol. The van der Waals surface area contributed by atoms with Crippen LogP contribution in [0.25, 0.3) is 0 Å². The number of amides is 1. The maximum Gasteiger partial charge on any atom is 0.278 e. The molecule has 0 unspecified atom stereocenters. The van der Waals surface area contributed by atoms with Gasteiger partial charge in [-0.3, -0.25) is 4.79 Å². The second kappa shape index (κ2) is 12.2. The molecule has 5 heteroatoms. The Labute approximate surface area is 109 Å². The van der Waals surface area contributed by atoms with Crippen LogP contribution in [-0.2, 0) is 9.47 Å². The molecule has 0 saturated heterocycles. The first kappa shape index (κ1) is 16.7. The van der Waals surface area contributed by atoms with E-state index in [0.717, 1.165) is 18.9 Å². The zero-order chi connectivity index (χ0) is 12.9. The predicted octanol–water partition coefficient (Wildman–Crippen LogP) is 2.53. The lowest BCUT2D eigenvalue weighted by Crippen LogP contribution is -2.23. The van der Waals surface area contributed by atoms with E-state index in [1.54, 1.807) is 6.26 Å². The Morgan fingerprint density at radius 3 is 2.41 bits per heavy atom. The summed E-state index contributed by atoms with van der Waals surface area (Å²) in [6, 6.07) is 0. The molecule has 0 fully saturated rings. The highest BCUT2D eigenvalue weighted by atomic mass is 32.2. The summed E-state index contributed by atoms with van der Waals surface area (Å²) in [6.07, 6.45) is 4.07. The minimum atomic E-state index is -0.0152. The van der Waals surface area contributed by atoms with Crippen molar-refractivity contribution in [2.75, 3.05) is 39.2 Å². The van der Waals surface area contributed by atoms with E-state index in [1.807, 2.05) is 0 Å². The third kappa shape index (κ3) is 13.7. The van der Waals surface area contributed by atoms with Crippen molar-refractivity contribution >= 4 is 17.0 Å². The smallest absolute Gasteiger partial charge is 0.278 e. The van der Waals surface area contributed by atoms with E-state index < -0.39 is 0 Å². The molecule has 0 aromatic rings. The lowest BCUT2D eigenvalue weighted by molar-refractivity contribution is 0.0474. The van der Waals surface area contributed by atoms with Crippen molar-refractivity contribution in [1.29, 1.82) is 0 Å². The number of carbonyl (C=O) groups is 1. The van der Waals surface area contributed by atoms with Crippen LogP contribution in [0.4, 0.5) is 4.79 Å². The van der Waals surface area contributed by atoms with Crippen LogP contribution in [-0.4, -0.2) is 44.5 Å². The Balaban J connectivity index is 3.01. The Bertz CT molecular complexity index is 189. The molecule has 1 N–H and O–H groups in total. The van der Waals surface area contributed by atoms with Gasteiger partial charge in [0.2, 0.25) is 0 Å². The van der Waals surface area contributed by atoms with Crippen LogP contribution >= 0.6 is 11.8 Å². The van der Waals surface area contributed by atoms with Gasteiger partial charge in [-0.1, -0.05) is 25.6 Å². The van der Waals surface area contributed by atoms with Crippen LogP contribution < -0.4 is 5.32 Å². The maximum absolute atomic E-state index is 10.8. The molecule has 0 heterocycles. The van der Waals surface area contributed by atoms with Gasteiger partial charge < -0.3 is 14.8 Å². The molecule has 0 aliphatic rings. The van der Waals surface area contributed by atoms with Gasteiger partial charge in [0.05, 0.1) is 19.8 Å². The Kier molecular flexibility index (Phi) is 12.0. The van der Waals surface area contributed by atoms with Crippen LogP contribution in [0.15, 0.2) is 0 Å². The van der Waals surface area contributed by atoms with E-state index in [-0.39, 0.29) is 5.24 Å². The minimum Gasteiger partial charge on any atom is -0.379 e. The molecule has 0 atom stereocenters. The van der Waals surface area contributed by atoms with Crippen molar-refractivity contribution in [2.24, 2.45) is 5.92 Å². The van der Waals surface area contributed by atoms with Gasteiger partial charge in [0.15, 0.2) is 0 Å². The average molecular weight is 263 g/mol. The number of rotatable bonds is 10. The highest BCUT2D eigenvalue weighted by Crippen LogP contribution is 2.02. The standard InChI is InChI=1S/C12H25NO3S/c1-11(2)5-4-7-15-9-10-16-8-6-13-12(14)17-3/h11H,4-10H2,1-3H3,(H,13,14). The summed E-state index contributed by atoms with van der Waals surface area (Å²) in [5.74, 6) is 0.745. The fourth-order valence-electron chi connectivity index (χ4n) is 1.21. The van der Waals surface area contributed by atoms with Gasteiger partial charge in [-0.25, -0.2) is 0 Å². The molecular formula is C12H25NO3S. The molecule has 102 valence electrons. The second-order valence-electron chi connectivity index (χ2n) is 4.18. The minimum absolute atomic E-state index is 0.0152. The summed E-state index contributed by atoms with van der Waals surface area (Å²) < 4.78 is 10.7. The number of hydrogen-bond donors (Lipinski definition) is 1. The molecule has 0 bridgehead atoms. The van der Waals surface area contributed by atoms with Gasteiger partial charge in [0.1, 0.15) is 0 Å². The number of ether oxygens (including phenoxy) is 2. The van der Waals surface area contributed by atoms with Crippen molar-refractivity contribution in [3.8, 4) is 0 Å². The summed E-state index contributed by atoms with van der Waals surface area (Å²) >= 11 is 1.17. The summed E-state index contributed by atoms with van der Waals surface area (Å²) in [7, 11) is 0. The number of carbonyl (C=O) groups excluding carboxylic acids is 1. The van der Waals surface area contributed by atoms with Crippen molar-refractivity contribution < 1.29 is 14.3 Å². The zero-order valence-corrected chi connectivity index (χ0v) is 12.0. The molecule has 0 saturated carbocycles. The predicted molar refractivity (Wildman–Crippen MR) is 72.6 cm³/mol. The lowest BCUT2D eigenvalue weighted by atomic mass is 10.1. The SMILES string of the molecule is CSC(=O)NCCOCCOCCCC(C)C. The molecule has 0 aromatic heterocycles. The van der Waals surface area contributed by atoms with Crippen LogP contribution in [0.1, 0.15) is 26.7 Å². The molecule has 1 amide bonds. The van der Waals surface area contributed by atoms with Gasteiger partial charge in [0.25, 0.3) is 5.24 Å². The highest BCUT2D eigenvalue weighted by molar-refractivity contribution is 8.12. The summed E-state index contributed by atoms with van der Waals surface area (Å²) in [5.41, 5.74) is 0. The summed E-state index contributed by atoms with van der Waals surface area (Å²) in [5, 5.41) is 2.70. The van der Waals surface area contributed by atoms with Gasteiger partial charge >= 0.3 is 0 Å². The highest BCUT2D eigenvalue weighted by Gasteiger charge is 1.96. The average Bonchev–Trinajstić information content (AvgIpc) is 2.30. The van der Waals surface area contributed by atoms with E-state index in [9.17, 15) is 4.79 Å². The van der Waals surface area contributed by atoms with Crippen LogP contribution in [0.2, 0.25) is 0 Å². The van der Waals surface area contributed by atoms with Crippen molar-refractivity contribution in [2.45, 2.75) is 26.7 Å².